The van der Waals surface area contributed by atoms with Crippen LogP contribution < -0.4 is 20.1 Å². The van der Waals surface area contributed by atoms with Crippen molar-refractivity contribution in [3.63, 3.8) is 0 Å². The van der Waals surface area contributed by atoms with Gasteiger partial charge in [-0.15, -0.1) is 0 Å². The van der Waals surface area contributed by atoms with Crippen LogP contribution in [0.1, 0.15) is 18.4 Å². The lowest BCUT2D eigenvalue weighted by Gasteiger charge is -2.15. The molecule has 3 N–H and O–H groups in total. The number of hydrogen-bond donors (Lipinski definition) is 3. The molecule has 1 fully saturated rings. The molecule has 1 aliphatic carbocycles. The van der Waals surface area contributed by atoms with Crippen molar-refractivity contribution in [3.8, 4) is 17.4 Å². The molecule has 8 heteroatoms. The molecule has 0 radical (unpaired) electrons. The fourth-order valence-corrected chi connectivity index (χ4v) is 2.49. The van der Waals surface area contributed by atoms with Gasteiger partial charge in [0, 0.05) is 12.1 Å². The van der Waals surface area contributed by atoms with Gasteiger partial charge in [0.25, 0.3) is 0 Å². The predicted molar refractivity (Wildman–Crippen MR) is 93.8 cm³/mol. The molecular weight excluding hydrogens is 338 g/mol. The number of benzene rings is 1. The third-order valence-corrected chi connectivity index (χ3v) is 4.13. The molecule has 2 aromatic rings. The van der Waals surface area contributed by atoms with Crippen LogP contribution in [0.15, 0.2) is 36.5 Å². The number of nitrogens with zero attached hydrogens (tertiary/aromatic N) is 1. The van der Waals surface area contributed by atoms with Gasteiger partial charge >= 0.3 is 6.09 Å². The third kappa shape index (κ3) is 3.85. The summed E-state index contributed by atoms with van der Waals surface area (Å²) in [6.07, 6.45) is 1.20. The minimum absolute atomic E-state index is 0.360. The van der Waals surface area contributed by atoms with Gasteiger partial charge < -0.3 is 25.2 Å². The summed E-state index contributed by atoms with van der Waals surface area (Å²) in [5, 5.41) is 13.7. The van der Waals surface area contributed by atoms with Gasteiger partial charge in [-0.1, -0.05) is 6.07 Å². The Hall–Kier alpha value is -3.29. The maximum absolute atomic E-state index is 12.2. The quantitative estimate of drug-likeness (QED) is 0.733. The lowest BCUT2D eigenvalue weighted by Crippen LogP contribution is -2.45. The molecule has 0 spiro atoms. The summed E-state index contributed by atoms with van der Waals surface area (Å²) in [6.45, 7) is 1.93. The number of aromatic nitrogens is 1. The number of methoxy groups -OCH3 is 1. The van der Waals surface area contributed by atoms with Crippen LogP contribution in [0.2, 0.25) is 0 Å². The summed E-state index contributed by atoms with van der Waals surface area (Å²) < 4.78 is 10.9. The maximum Gasteiger partial charge on any atom is 0.405 e. The van der Waals surface area contributed by atoms with Crippen molar-refractivity contribution in [1.29, 1.82) is 0 Å². The van der Waals surface area contributed by atoms with Crippen LogP contribution >= 0.6 is 0 Å². The fraction of sp³-hybridized carbons (Fsp3) is 0.278. The predicted octanol–water partition coefficient (Wildman–Crippen LogP) is 2.93. The van der Waals surface area contributed by atoms with Gasteiger partial charge in [0.05, 0.1) is 19.0 Å². The van der Waals surface area contributed by atoms with Gasteiger partial charge in [-0.3, -0.25) is 4.79 Å². The monoisotopic (exact) mass is 357 g/mol. The number of nitrogens with one attached hydrogen (secondary N) is 2. The normalized spacial score (nSPS) is 14.2. The number of ether oxygens (including phenoxy) is 2. The van der Waals surface area contributed by atoms with Crippen LogP contribution in [0, 0.1) is 6.92 Å². The first-order chi connectivity index (χ1) is 12.4. The number of carbonyl (C=O) groups excluding carboxylic acids is 1. The Morgan fingerprint density at radius 2 is 2.00 bits per heavy atom. The second-order valence-electron chi connectivity index (χ2n) is 6.08. The highest BCUT2D eigenvalue weighted by atomic mass is 16.5. The molecule has 1 aromatic carbocycles. The Morgan fingerprint density at radius 3 is 2.58 bits per heavy atom. The van der Waals surface area contributed by atoms with Crippen LogP contribution in [0.5, 0.6) is 17.4 Å². The smallest absolute Gasteiger partial charge is 0.405 e. The second kappa shape index (κ2) is 6.91. The molecule has 0 aliphatic heterocycles. The zero-order valence-corrected chi connectivity index (χ0v) is 14.4. The summed E-state index contributed by atoms with van der Waals surface area (Å²) in [7, 11) is 1.59. The largest absolute Gasteiger partial charge is 0.496 e. The molecular formula is C18H19N3O5. The molecule has 1 aromatic heterocycles. The second-order valence-corrected chi connectivity index (χ2v) is 6.08. The van der Waals surface area contributed by atoms with Crippen molar-refractivity contribution < 1.29 is 24.2 Å². The van der Waals surface area contributed by atoms with E-state index >= 15 is 0 Å². The molecule has 1 aliphatic rings. The lowest BCUT2D eigenvalue weighted by atomic mass is 10.2. The van der Waals surface area contributed by atoms with Crippen LogP contribution in [0.25, 0.3) is 0 Å². The average Bonchev–Trinajstić information content (AvgIpc) is 3.38. The van der Waals surface area contributed by atoms with E-state index in [-0.39, 0.29) is 0 Å². The number of aryl methyl sites for hydroxylation is 1. The zero-order chi connectivity index (χ0) is 18.7. The van der Waals surface area contributed by atoms with Gasteiger partial charge in [0.1, 0.15) is 17.0 Å². The summed E-state index contributed by atoms with van der Waals surface area (Å²) >= 11 is 0. The Balaban J connectivity index is 1.64. The molecule has 1 heterocycles. The van der Waals surface area contributed by atoms with Gasteiger partial charge in [-0.2, -0.15) is 0 Å². The molecule has 0 atom stereocenters. The molecule has 1 saturated carbocycles. The van der Waals surface area contributed by atoms with E-state index in [1.165, 1.54) is 6.20 Å². The van der Waals surface area contributed by atoms with Crippen molar-refractivity contribution in [2.24, 2.45) is 0 Å². The molecule has 0 bridgehead atoms. The van der Waals surface area contributed by atoms with Gasteiger partial charge in [0.15, 0.2) is 0 Å². The van der Waals surface area contributed by atoms with E-state index in [1.54, 1.807) is 25.3 Å². The SMILES string of the molecule is COc1cc(Oc2ccc(NC(=O)C3(NC(=O)O)CC3)cn2)ccc1C. The molecule has 2 amide bonds. The van der Waals surface area contributed by atoms with E-state index < -0.39 is 17.5 Å². The number of anilines is 1. The van der Waals surface area contributed by atoms with Gasteiger partial charge in [0.2, 0.25) is 11.8 Å². The number of rotatable bonds is 6. The summed E-state index contributed by atoms with van der Waals surface area (Å²) in [5.74, 6) is 1.27. The standard InChI is InChI=1S/C18H19N3O5/c1-11-3-5-13(9-14(11)25-2)26-15-6-4-12(10-19-15)20-16(22)18(7-8-18)21-17(23)24/h3-6,9-10,21H,7-8H2,1-2H3,(H,20,22)(H,23,24). The van der Waals surface area contributed by atoms with Crippen LogP contribution in [-0.4, -0.2) is 34.7 Å². The van der Waals surface area contributed by atoms with Crippen molar-refractivity contribution in [2.45, 2.75) is 25.3 Å². The number of pyridine rings is 1. The Bertz CT molecular complexity index is 831. The first-order valence-corrected chi connectivity index (χ1v) is 8.03. The molecule has 3 rings (SSSR count). The minimum atomic E-state index is -1.21. The van der Waals surface area contributed by atoms with Crippen LogP contribution in [-0.2, 0) is 4.79 Å². The van der Waals surface area contributed by atoms with E-state index in [0.29, 0.717) is 35.9 Å². The van der Waals surface area contributed by atoms with Crippen LogP contribution in [0.3, 0.4) is 0 Å². The summed E-state index contributed by atoms with van der Waals surface area (Å²) in [5.41, 5.74) is 0.427. The van der Waals surface area contributed by atoms with E-state index in [2.05, 4.69) is 15.6 Å². The highest BCUT2D eigenvalue weighted by Gasteiger charge is 2.51. The van der Waals surface area contributed by atoms with Crippen molar-refractivity contribution in [2.75, 3.05) is 12.4 Å². The lowest BCUT2D eigenvalue weighted by molar-refractivity contribution is -0.119. The Labute approximate surface area is 150 Å². The van der Waals surface area contributed by atoms with Gasteiger partial charge in [-0.05, 0) is 37.5 Å². The van der Waals surface area contributed by atoms with E-state index in [1.807, 2.05) is 19.1 Å². The maximum atomic E-state index is 12.2. The summed E-state index contributed by atoms with van der Waals surface area (Å²) in [6, 6.07) is 8.71. The topological polar surface area (TPSA) is 110 Å². The summed E-state index contributed by atoms with van der Waals surface area (Å²) in [4.78, 5) is 27.1. The number of carbonyl (C=O) groups is 2. The van der Waals surface area contributed by atoms with Gasteiger partial charge in [-0.25, -0.2) is 9.78 Å². The number of carboxylic acid groups (broad SMARTS) is 1. The molecule has 0 saturated heterocycles. The minimum Gasteiger partial charge on any atom is -0.496 e. The first kappa shape index (κ1) is 17.5. The number of hydrogen-bond acceptors (Lipinski definition) is 5. The van der Waals surface area contributed by atoms with Crippen molar-refractivity contribution in [3.05, 3.63) is 42.1 Å². The number of amides is 2. The van der Waals surface area contributed by atoms with E-state index in [0.717, 1.165) is 5.56 Å². The first-order valence-electron chi connectivity index (χ1n) is 8.03. The average molecular weight is 357 g/mol. The van der Waals surface area contributed by atoms with E-state index in [9.17, 15) is 9.59 Å². The zero-order valence-electron chi connectivity index (χ0n) is 14.4. The Kier molecular flexibility index (Phi) is 4.66. The van der Waals surface area contributed by atoms with Crippen molar-refractivity contribution >= 4 is 17.7 Å². The van der Waals surface area contributed by atoms with Crippen LogP contribution in [0.4, 0.5) is 10.5 Å². The molecule has 0 unspecified atom stereocenters. The highest BCUT2D eigenvalue weighted by Crippen LogP contribution is 2.36. The Morgan fingerprint density at radius 1 is 1.23 bits per heavy atom. The van der Waals surface area contributed by atoms with Crippen molar-refractivity contribution in [1.82, 2.24) is 10.3 Å². The molecule has 8 nitrogen and oxygen atoms in total. The third-order valence-electron chi connectivity index (χ3n) is 4.13. The van der Waals surface area contributed by atoms with E-state index in [4.69, 9.17) is 14.6 Å². The fourth-order valence-electron chi connectivity index (χ4n) is 2.49. The highest BCUT2D eigenvalue weighted by molar-refractivity contribution is 6.01. The molecule has 26 heavy (non-hydrogen) atoms. The molecule has 136 valence electrons.